The van der Waals surface area contributed by atoms with Crippen LogP contribution in [-0.4, -0.2) is 26.6 Å². The molecule has 0 saturated heterocycles. The Labute approximate surface area is 172 Å². The van der Waals surface area contributed by atoms with E-state index in [4.69, 9.17) is 14.2 Å². The maximum absolute atomic E-state index is 11.2. The van der Waals surface area contributed by atoms with Gasteiger partial charge in [-0.15, -0.1) is 0 Å². The van der Waals surface area contributed by atoms with Gasteiger partial charge in [-0.25, -0.2) is 0 Å². The third-order valence-corrected chi connectivity index (χ3v) is 4.78. The molecule has 0 fully saturated rings. The second-order valence-electron chi connectivity index (χ2n) is 6.86. The minimum absolute atomic E-state index is 0.239. The highest BCUT2D eigenvalue weighted by Gasteiger charge is 2.11. The van der Waals surface area contributed by atoms with Crippen molar-refractivity contribution < 1.29 is 19.0 Å². The van der Waals surface area contributed by atoms with Crippen LogP contribution in [0.15, 0.2) is 72.8 Å². The second kappa shape index (κ2) is 10.3. The van der Waals surface area contributed by atoms with Crippen LogP contribution in [0.4, 0.5) is 0 Å². The molecule has 0 aliphatic heterocycles. The van der Waals surface area contributed by atoms with E-state index in [1.54, 1.807) is 25.3 Å². The predicted octanol–water partition coefficient (Wildman–Crippen LogP) is 5.31. The molecule has 150 valence electrons. The molecule has 0 spiro atoms. The van der Waals surface area contributed by atoms with Crippen molar-refractivity contribution in [2.75, 3.05) is 20.3 Å². The first-order chi connectivity index (χ1) is 14.2. The van der Waals surface area contributed by atoms with Crippen LogP contribution in [0.3, 0.4) is 0 Å². The van der Waals surface area contributed by atoms with Crippen molar-refractivity contribution in [3.05, 3.63) is 89.5 Å². The Kier molecular flexibility index (Phi) is 7.28. The molecule has 0 radical (unpaired) electrons. The summed E-state index contributed by atoms with van der Waals surface area (Å²) in [4.78, 5) is 11.2. The van der Waals surface area contributed by atoms with E-state index in [1.165, 1.54) is 5.56 Å². The monoisotopic (exact) mass is 390 g/mol. The molecule has 4 nitrogen and oxygen atoms in total. The van der Waals surface area contributed by atoms with Crippen LogP contribution in [-0.2, 0) is 6.42 Å². The van der Waals surface area contributed by atoms with Gasteiger partial charge in [0.1, 0.15) is 12.0 Å². The first kappa shape index (κ1) is 20.5. The molecule has 0 amide bonds. The Morgan fingerprint density at radius 1 is 0.862 bits per heavy atom. The van der Waals surface area contributed by atoms with Crippen molar-refractivity contribution in [1.82, 2.24) is 0 Å². The van der Waals surface area contributed by atoms with Gasteiger partial charge in [-0.1, -0.05) is 55.5 Å². The fourth-order valence-electron chi connectivity index (χ4n) is 3.10. The molecule has 0 aromatic heterocycles. The molecule has 3 rings (SSSR count). The summed E-state index contributed by atoms with van der Waals surface area (Å²) < 4.78 is 17.4. The number of methoxy groups -OCH3 is 1. The Bertz CT molecular complexity index is 921. The molecule has 29 heavy (non-hydrogen) atoms. The smallest absolute Gasteiger partial charge is 0.161 e. The van der Waals surface area contributed by atoms with Crippen LogP contribution >= 0.6 is 0 Å². The van der Waals surface area contributed by atoms with Crippen LogP contribution in [0.25, 0.3) is 0 Å². The summed E-state index contributed by atoms with van der Waals surface area (Å²) in [6, 6.07) is 23.4. The van der Waals surface area contributed by atoms with Crippen molar-refractivity contribution in [1.29, 1.82) is 0 Å². The van der Waals surface area contributed by atoms with Gasteiger partial charge in [0.15, 0.2) is 11.5 Å². The quantitative estimate of drug-likeness (QED) is 0.440. The highest BCUT2D eigenvalue weighted by molar-refractivity contribution is 5.76. The molecule has 4 heteroatoms. The van der Waals surface area contributed by atoms with Gasteiger partial charge in [-0.2, -0.15) is 0 Å². The van der Waals surface area contributed by atoms with Gasteiger partial charge >= 0.3 is 0 Å². The standard InChI is InChI=1S/C25H26O4/c1-19(21-8-4-3-5-9-21)18-29-24-13-12-20(17-26)16-25(24)28-15-14-22-10-6-7-11-23(22)27-2/h3-13,16-17,19H,14-15,18H2,1-2H3/t19-/m1/s1. The maximum atomic E-state index is 11.2. The minimum atomic E-state index is 0.239. The van der Waals surface area contributed by atoms with Crippen molar-refractivity contribution >= 4 is 6.29 Å². The molecular weight excluding hydrogens is 364 g/mol. The van der Waals surface area contributed by atoms with Crippen molar-refractivity contribution in [2.24, 2.45) is 0 Å². The van der Waals surface area contributed by atoms with Crippen LogP contribution in [0.2, 0.25) is 0 Å². The van der Waals surface area contributed by atoms with Crippen molar-refractivity contribution in [3.63, 3.8) is 0 Å². The summed E-state index contributed by atoms with van der Waals surface area (Å²) in [5.74, 6) is 2.29. The van der Waals surface area contributed by atoms with Crippen LogP contribution < -0.4 is 14.2 Å². The summed E-state index contributed by atoms with van der Waals surface area (Å²) in [5, 5.41) is 0. The van der Waals surface area contributed by atoms with E-state index in [2.05, 4.69) is 19.1 Å². The van der Waals surface area contributed by atoms with Crippen LogP contribution in [0.5, 0.6) is 17.2 Å². The number of carbonyl (C=O) groups excluding carboxylic acids is 1. The van der Waals surface area contributed by atoms with Crippen molar-refractivity contribution in [3.8, 4) is 17.2 Å². The lowest BCUT2D eigenvalue weighted by Crippen LogP contribution is -2.09. The number of para-hydroxylation sites is 1. The largest absolute Gasteiger partial charge is 0.496 e. The normalized spacial score (nSPS) is 11.5. The average molecular weight is 390 g/mol. The minimum Gasteiger partial charge on any atom is -0.496 e. The maximum Gasteiger partial charge on any atom is 0.161 e. The lowest BCUT2D eigenvalue weighted by molar-refractivity contribution is 0.112. The van der Waals surface area contributed by atoms with Gasteiger partial charge in [0.2, 0.25) is 0 Å². The van der Waals surface area contributed by atoms with Gasteiger partial charge in [0.25, 0.3) is 0 Å². The molecule has 3 aromatic carbocycles. The van der Waals surface area contributed by atoms with Gasteiger partial charge in [0.05, 0.1) is 20.3 Å². The highest BCUT2D eigenvalue weighted by Crippen LogP contribution is 2.30. The fourth-order valence-corrected chi connectivity index (χ4v) is 3.10. The molecule has 0 N–H and O–H groups in total. The summed E-state index contributed by atoms with van der Waals surface area (Å²) >= 11 is 0. The number of benzene rings is 3. The van der Waals surface area contributed by atoms with E-state index >= 15 is 0 Å². The van der Waals surface area contributed by atoms with E-state index < -0.39 is 0 Å². The predicted molar refractivity (Wildman–Crippen MR) is 114 cm³/mol. The number of ether oxygens (including phenoxy) is 3. The zero-order chi connectivity index (χ0) is 20.5. The topological polar surface area (TPSA) is 44.8 Å². The number of aldehydes is 1. The Morgan fingerprint density at radius 3 is 2.38 bits per heavy atom. The van der Waals surface area contributed by atoms with Crippen LogP contribution in [0, 0.1) is 0 Å². The Hall–Kier alpha value is -3.27. The van der Waals surface area contributed by atoms with Crippen LogP contribution in [0.1, 0.15) is 34.3 Å². The Morgan fingerprint density at radius 2 is 1.62 bits per heavy atom. The van der Waals surface area contributed by atoms with E-state index in [-0.39, 0.29) is 5.92 Å². The van der Waals surface area contributed by atoms with Gasteiger partial charge in [-0.05, 0) is 35.4 Å². The third-order valence-electron chi connectivity index (χ3n) is 4.78. The molecule has 0 aliphatic rings. The molecule has 3 aromatic rings. The highest BCUT2D eigenvalue weighted by atomic mass is 16.5. The summed E-state index contributed by atoms with van der Waals surface area (Å²) in [7, 11) is 1.66. The van der Waals surface area contributed by atoms with E-state index in [0.717, 1.165) is 17.6 Å². The van der Waals surface area contributed by atoms with Gasteiger partial charge in [-0.3, -0.25) is 4.79 Å². The molecule has 0 aliphatic carbocycles. The first-order valence-electron chi connectivity index (χ1n) is 9.73. The zero-order valence-electron chi connectivity index (χ0n) is 16.8. The number of hydrogen-bond donors (Lipinski definition) is 0. The summed E-state index contributed by atoms with van der Waals surface area (Å²) in [6.45, 7) is 3.10. The fraction of sp³-hybridized carbons (Fsp3) is 0.240. The van der Waals surface area contributed by atoms with Gasteiger partial charge in [0, 0.05) is 17.9 Å². The van der Waals surface area contributed by atoms with Crippen molar-refractivity contribution in [2.45, 2.75) is 19.3 Å². The molecular formula is C25H26O4. The third kappa shape index (κ3) is 5.61. The number of rotatable bonds is 10. The van der Waals surface area contributed by atoms with E-state index in [0.29, 0.717) is 36.7 Å². The lowest BCUT2D eigenvalue weighted by atomic mass is 10.0. The first-order valence-corrected chi connectivity index (χ1v) is 9.73. The number of hydrogen-bond acceptors (Lipinski definition) is 4. The van der Waals surface area contributed by atoms with E-state index in [1.807, 2.05) is 42.5 Å². The molecule has 0 bridgehead atoms. The summed E-state index contributed by atoms with van der Waals surface area (Å²) in [6.07, 6.45) is 1.50. The molecule has 1 atom stereocenters. The molecule has 0 unspecified atom stereocenters. The Balaban J connectivity index is 1.66. The number of carbonyl (C=O) groups is 1. The van der Waals surface area contributed by atoms with E-state index in [9.17, 15) is 4.79 Å². The second-order valence-corrected chi connectivity index (χ2v) is 6.86. The SMILES string of the molecule is COc1ccccc1CCOc1cc(C=O)ccc1OC[C@@H](C)c1ccccc1. The molecule has 0 saturated carbocycles. The lowest BCUT2D eigenvalue weighted by Gasteiger charge is -2.17. The average Bonchev–Trinajstić information content (AvgIpc) is 2.78. The van der Waals surface area contributed by atoms with Gasteiger partial charge < -0.3 is 14.2 Å². The zero-order valence-corrected chi connectivity index (χ0v) is 16.8. The summed E-state index contributed by atoms with van der Waals surface area (Å²) in [5.41, 5.74) is 2.85. The molecule has 0 heterocycles.